The SMILES string of the molecule is CN1C(=O)C(CC(=O)OCc2ccccc2)N=C(c2ccccc2)c2ccccc21. The molecule has 0 N–H and O–H groups in total. The Balaban J connectivity index is 1.62. The van der Waals surface area contributed by atoms with E-state index in [1.807, 2.05) is 84.9 Å². The fraction of sp³-hybridized carbons (Fsp3) is 0.160. The summed E-state index contributed by atoms with van der Waals surface area (Å²) in [5.41, 5.74) is 4.13. The summed E-state index contributed by atoms with van der Waals surface area (Å²) < 4.78 is 5.39. The summed E-state index contributed by atoms with van der Waals surface area (Å²) in [5, 5.41) is 0. The third-order valence-corrected chi connectivity index (χ3v) is 5.07. The van der Waals surface area contributed by atoms with Crippen molar-refractivity contribution in [1.29, 1.82) is 0 Å². The average molecular weight is 398 g/mol. The topological polar surface area (TPSA) is 59.0 Å². The zero-order valence-electron chi connectivity index (χ0n) is 16.7. The molecule has 0 radical (unpaired) electrons. The van der Waals surface area contributed by atoms with Gasteiger partial charge in [-0.3, -0.25) is 14.6 Å². The Hall–Kier alpha value is -3.73. The molecule has 1 amide bonds. The second-order valence-electron chi connectivity index (χ2n) is 7.12. The summed E-state index contributed by atoms with van der Waals surface area (Å²) >= 11 is 0. The van der Waals surface area contributed by atoms with E-state index in [4.69, 9.17) is 9.73 Å². The third kappa shape index (κ3) is 4.15. The summed E-state index contributed by atoms with van der Waals surface area (Å²) in [6.07, 6.45) is -0.111. The van der Waals surface area contributed by atoms with Gasteiger partial charge in [-0.15, -0.1) is 0 Å². The van der Waals surface area contributed by atoms with Crippen LogP contribution in [0.2, 0.25) is 0 Å². The van der Waals surface area contributed by atoms with Crippen LogP contribution in [0.3, 0.4) is 0 Å². The summed E-state index contributed by atoms with van der Waals surface area (Å²) in [6, 6.07) is 26.0. The molecule has 0 bridgehead atoms. The van der Waals surface area contributed by atoms with E-state index in [0.29, 0.717) is 5.71 Å². The van der Waals surface area contributed by atoms with Crippen molar-refractivity contribution in [1.82, 2.24) is 0 Å². The van der Waals surface area contributed by atoms with Crippen LogP contribution in [-0.2, 0) is 20.9 Å². The molecule has 0 spiro atoms. The molecule has 0 aliphatic carbocycles. The van der Waals surface area contributed by atoms with Crippen LogP contribution in [0.25, 0.3) is 0 Å². The fourth-order valence-electron chi connectivity index (χ4n) is 3.50. The first kappa shape index (κ1) is 19.6. The predicted molar refractivity (Wildman–Crippen MR) is 117 cm³/mol. The van der Waals surface area contributed by atoms with Gasteiger partial charge in [-0.05, 0) is 11.6 Å². The van der Waals surface area contributed by atoms with E-state index in [2.05, 4.69) is 0 Å². The standard InChI is InChI=1S/C25H22N2O3/c1-27-22-15-9-8-14-20(22)24(19-12-6-3-7-13-19)26-21(25(27)29)16-23(28)30-17-18-10-4-2-5-11-18/h2-15,21H,16-17H2,1H3. The molecular formula is C25H22N2O3. The van der Waals surface area contributed by atoms with Crippen molar-refractivity contribution in [3.8, 4) is 0 Å². The lowest BCUT2D eigenvalue weighted by molar-refractivity contribution is -0.146. The highest BCUT2D eigenvalue weighted by molar-refractivity contribution is 6.20. The number of benzene rings is 3. The van der Waals surface area contributed by atoms with E-state index >= 15 is 0 Å². The smallest absolute Gasteiger partial charge is 0.308 e. The zero-order chi connectivity index (χ0) is 20.9. The number of hydrogen-bond donors (Lipinski definition) is 0. The molecule has 1 aliphatic heterocycles. The highest BCUT2D eigenvalue weighted by Crippen LogP contribution is 2.28. The number of nitrogens with zero attached hydrogens (tertiary/aromatic N) is 2. The van der Waals surface area contributed by atoms with Gasteiger partial charge in [0.15, 0.2) is 0 Å². The van der Waals surface area contributed by atoms with Gasteiger partial charge in [0, 0.05) is 18.2 Å². The quantitative estimate of drug-likeness (QED) is 0.611. The number of carbonyl (C=O) groups is 2. The number of benzodiazepines with no additional fused rings is 1. The molecule has 0 aromatic heterocycles. The lowest BCUT2D eigenvalue weighted by atomic mass is 10.0. The molecule has 4 rings (SSSR count). The van der Waals surface area contributed by atoms with Crippen LogP contribution >= 0.6 is 0 Å². The maximum atomic E-state index is 13.1. The lowest BCUT2D eigenvalue weighted by Crippen LogP contribution is -2.36. The van der Waals surface area contributed by atoms with Gasteiger partial charge in [0.1, 0.15) is 12.6 Å². The van der Waals surface area contributed by atoms with Crippen LogP contribution in [0.1, 0.15) is 23.1 Å². The number of para-hydroxylation sites is 1. The Labute approximate surface area is 175 Å². The molecule has 1 atom stereocenters. The van der Waals surface area contributed by atoms with E-state index in [1.54, 1.807) is 11.9 Å². The third-order valence-electron chi connectivity index (χ3n) is 5.07. The first-order valence-electron chi connectivity index (χ1n) is 9.83. The van der Waals surface area contributed by atoms with Gasteiger partial charge in [-0.2, -0.15) is 0 Å². The van der Waals surface area contributed by atoms with Gasteiger partial charge in [-0.1, -0.05) is 78.9 Å². The number of amides is 1. The summed E-state index contributed by atoms with van der Waals surface area (Å²) in [4.78, 5) is 31.9. The van der Waals surface area contributed by atoms with E-state index < -0.39 is 12.0 Å². The molecule has 5 heteroatoms. The highest BCUT2D eigenvalue weighted by Gasteiger charge is 2.31. The summed E-state index contributed by atoms with van der Waals surface area (Å²) in [5.74, 6) is -0.683. The van der Waals surface area contributed by atoms with Crippen molar-refractivity contribution < 1.29 is 14.3 Å². The molecule has 150 valence electrons. The Bertz CT molecular complexity index is 1080. The van der Waals surface area contributed by atoms with Gasteiger partial charge in [-0.25, -0.2) is 0 Å². The van der Waals surface area contributed by atoms with E-state index in [-0.39, 0.29) is 18.9 Å². The van der Waals surface area contributed by atoms with E-state index in [1.165, 1.54) is 0 Å². The van der Waals surface area contributed by atoms with Crippen LogP contribution < -0.4 is 4.90 Å². The second-order valence-corrected chi connectivity index (χ2v) is 7.12. The van der Waals surface area contributed by atoms with Crippen molar-refractivity contribution in [3.63, 3.8) is 0 Å². The number of hydrogen-bond acceptors (Lipinski definition) is 4. The minimum atomic E-state index is -0.846. The fourth-order valence-corrected chi connectivity index (χ4v) is 3.50. The number of anilines is 1. The van der Waals surface area contributed by atoms with Crippen molar-refractivity contribution in [2.24, 2.45) is 4.99 Å². The molecule has 30 heavy (non-hydrogen) atoms. The van der Waals surface area contributed by atoms with Crippen molar-refractivity contribution >= 4 is 23.3 Å². The normalized spacial score (nSPS) is 15.8. The van der Waals surface area contributed by atoms with Crippen LogP contribution in [0.5, 0.6) is 0 Å². The maximum Gasteiger partial charge on any atom is 0.308 e. The number of fused-ring (bicyclic) bond motifs is 1. The molecule has 0 saturated heterocycles. The maximum absolute atomic E-state index is 13.1. The van der Waals surface area contributed by atoms with Gasteiger partial charge in [0.2, 0.25) is 0 Å². The van der Waals surface area contributed by atoms with Crippen LogP contribution in [-0.4, -0.2) is 30.7 Å². The number of aliphatic imine (C=N–C) groups is 1. The van der Waals surface area contributed by atoms with Gasteiger partial charge >= 0.3 is 5.97 Å². The zero-order valence-corrected chi connectivity index (χ0v) is 16.7. The van der Waals surface area contributed by atoms with Crippen LogP contribution in [0.4, 0.5) is 5.69 Å². The van der Waals surface area contributed by atoms with Crippen LogP contribution in [0, 0.1) is 0 Å². The average Bonchev–Trinajstić information content (AvgIpc) is 2.90. The largest absolute Gasteiger partial charge is 0.461 e. The molecule has 0 saturated carbocycles. The molecule has 1 aliphatic rings. The molecule has 1 unspecified atom stereocenters. The summed E-state index contributed by atoms with van der Waals surface area (Å²) in [7, 11) is 1.72. The Morgan fingerprint density at radius 3 is 2.30 bits per heavy atom. The Morgan fingerprint density at radius 2 is 1.57 bits per heavy atom. The molecule has 3 aromatic rings. The monoisotopic (exact) mass is 398 g/mol. The van der Waals surface area contributed by atoms with Gasteiger partial charge in [0.05, 0.1) is 17.8 Å². The number of rotatable bonds is 5. The number of likely N-dealkylation sites (N-methyl/N-ethyl adjacent to an activating group) is 1. The summed E-state index contributed by atoms with van der Waals surface area (Å²) in [6.45, 7) is 0.173. The minimum absolute atomic E-state index is 0.111. The second kappa shape index (κ2) is 8.74. The van der Waals surface area contributed by atoms with Crippen LogP contribution in [0.15, 0.2) is 89.9 Å². The van der Waals surface area contributed by atoms with Crippen molar-refractivity contribution in [3.05, 3.63) is 102 Å². The minimum Gasteiger partial charge on any atom is -0.461 e. The molecule has 5 nitrogen and oxygen atoms in total. The number of esters is 1. The predicted octanol–water partition coefficient (Wildman–Crippen LogP) is 4.00. The molecule has 3 aromatic carbocycles. The van der Waals surface area contributed by atoms with E-state index in [9.17, 15) is 9.59 Å². The Morgan fingerprint density at radius 1 is 0.933 bits per heavy atom. The van der Waals surface area contributed by atoms with Gasteiger partial charge < -0.3 is 9.64 Å². The molecule has 0 fully saturated rings. The Kier molecular flexibility index (Phi) is 5.70. The van der Waals surface area contributed by atoms with Crippen molar-refractivity contribution in [2.75, 3.05) is 11.9 Å². The van der Waals surface area contributed by atoms with Gasteiger partial charge in [0.25, 0.3) is 5.91 Å². The number of ether oxygens (including phenoxy) is 1. The van der Waals surface area contributed by atoms with E-state index in [0.717, 1.165) is 22.4 Å². The number of carbonyl (C=O) groups excluding carboxylic acids is 2. The lowest BCUT2D eigenvalue weighted by Gasteiger charge is -2.20. The highest BCUT2D eigenvalue weighted by atomic mass is 16.5. The first-order chi connectivity index (χ1) is 14.6. The van der Waals surface area contributed by atoms with Crippen molar-refractivity contribution in [2.45, 2.75) is 19.1 Å². The molecular weight excluding hydrogens is 376 g/mol. The first-order valence-corrected chi connectivity index (χ1v) is 9.83. The molecule has 1 heterocycles.